The first-order chi connectivity index (χ1) is 8.95. The van der Waals surface area contributed by atoms with Crippen LogP contribution in [0.2, 0.25) is 0 Å². The zero-order valence-corrected chi connectivity index (χ0v) is 11.0. The number of thioether (sulfide) groups is 1. The molecule has 0 bridgehead atoms. The molecule has 100 valence electrons. The summed E-state index contributed by atoms with van der Waals surface area (Å²) in [6.45, 7) is 0. The Hall–Kier alpha value is -1.54. The van der Waals surface area contributed by atoms with Crippen molar-refractivity contribution in [1.29, 1.82) is 0 Å². The summed E-state index contributed by atoms with van der Waals surface area (Å²) < 4.78 is 26.0. The van der Waals surface area contributed by atoms with Gasteiger partial charge in [-0.3, -0.25) is 9.59 Å². The Balaban J connectivity index is 1.96. The summed E-state index contributed by atoms with van der Waals surface area (Å²) in [5.41, 5.74) is 0.134. The number of hydrogen-bond acceptors (Lipinski definition) is 4. The van der Waals surface area contributed by atoms with Crippen LogP contribution in [0.15, 0.2) is 18.2 Å². The van der Waals surface area contributed by atoms with Crippen molar-refractivity contribution in [3.63, 3.8) is 0 Å². The first-order valence-corrected chi connectivity index (χ1v) is 6.51. The quantitative estimate of drug-likeness (QED) is 0.836. The minimum Gasteiger partial charge on any atom is -0.326 e. The predicted octanol–water partition coefficient (Wildman–Crippen LogP) is 1.81. The second-order valence-electron chi connectivity index (χ2n) is 3.76. The van der Waals surface area contributed by atoms with Gasteiger partial charge >= 0.3 is 0 Å². The minimum atomic E-state index is -1.05. The molecular weight excluding hydrogens is 294 g/mol. The van der Waals surface area contributed by atoms with Crippen molar-refractivity contribution < 1.29 is 18.4 Å². The fraction of sp³-hybridized carbons (Fsp3) is 0.182. The lowest BCUT2D eigenvalue weighted by Crippen LogP contribution is -2.27. The number of halogens is 2. The number of hydrogen-bond donors (Lipinski definition) is 2. The molecule has 4 nitrogen and oxygen atoms in total. The van der Waals surface area contributed by atoms with Gasteiger partial charge in [0.2, 0.25) is 11.8 Å². The number of thiocarbonyl (C=S) groups is 1. The van der Waals surface area contributed by atoms with Crippen LogP contribution in [0, 0.1) is 11.6 Å². The van der Waals surface area contributed by atoms with Crippen LogP contribution in [0.5, 0.6) is 0 Å². The summed E-state index contributed by atoms with van der Waals surface area (Å²) in [7, 11) is 0. The number of nitrogens with one attached hydrogen (secondary N) is 2. The Bertz CT molecular complexity index is 566. The summed E-state index contributed by atoms with van der Waals surface area (Å²) >= 11 is 5.89. The predicted molar refractivity (Wildman–Crippen MR) is 71.7 cm³/mol. The summed E-state index contributed by atoms with van der Waals surface area (Å²) in [5.74, 6) is -2.83. The monoisotopic (exact) mass is 302 g/mol. The first kappa shape index (κ1) is 13.9. The van der Waals surface area contributed by atoms with Crippen molar-refractivity contribution in [3.05, 3.63) is 29.8 Å². The Labute approximate surface area is 116 Å². The molecule has 1 aromatic rings. The van der Waals surface area contributed by atoms with Crippen molar-refractivity contribution in [3.8, 4) is 0 Å². The topological polar surface area (TPSA) is 58.2 Å². The van der Waals surface area contributed by atoms with E-state index in [0.29, 0.717) is 4.32 Å². The highest BCUT2D eigenvalue weighted by molar-refractivity contribution is 8.24. The molecule has 2 rings (SSSR count). The van der Waals surface area contributed by atoms with Gasteiger partial charge in [0, 0.05) is 18.2 Å². The van der Waals surface area contributed by atoms with E-state index in [0.717, 1.165) is 23.9 Å². The molecule has 0 aliphatic carbocycles. The molecule has 1 saturated heterocycles. The Kier molecular flexibility index (Phi) is 4.11. The van der Waals surface area contributed by atoms with Crippen LogP contribution in [0.25, 0.3) is 0 Å². The number of carbonyl (C=O) groups is 2. The smallest absolute Gasteiger partial charge is 0.239 e. The van der Waals surface area contributed by atoms with Gasteiger partial charge in [-0.05, 0) is 12.1 Å². The van der Waals surface area contributed by atoms with E-state index in [9.17, 15) is 18.4 Å². The number of benzene rings is 1. The summed E-state index contributed by atoms with van der Waals surface area (Å²) in [6, 6.07) is 3.03. The fourth-order valence-electron chi connectivity index (χ4n) is 1.48. The van der Waals surface area contributed by atoms with Crippen LogP contribution in [0.1, 0.15) is 6.42 Å². The number of carbonyl (C=O) groups excluding carboxylic acids is 2. The molecule has 1 unspecified atom stereocenters. The van der Waals surface area contributed by atoms with Crippen LogP contribution in [0.3, 0.4) is 0 Å². The molecule has 0 radical (unpaired) electrons. The van der Waals surface area contributed by atoms with Gasteiger partial charge in [0.15, 0.2) is 11.6 Å². The Morgan fingerprint density at radius 3 is 2.74 bits per heavy atom. The van der Waals surface area contributed by atoms with Gasteiger partial charge in [-0.15, -0.1) is 0 Å². The first-order valence-electron chi connectivity index (χ1n) is 5.22. The molecule has 0 saturated carbocycles. The third-order valence-corrected chi connectivity index (χ3v) is 3.71. The SMILES string of the molecule is O=C(CC1SC(=S)NC1=O)Nc1ccc(F)c(F)c1. The van der Waals surface area contributed by atoms with Crippen molar-refractivity contribution >= 4 is 45.8 Å². The molecule has 2 N–H and O–H groups in total. The van der Waals surface area contributed by atoms with Crippen molar-refractivity contribution in [2.24, 2.45) is 0 Å². The van der Waals surface area contributed by atoms with Gasteiger partial charge in [0.05, 0.1) is 5.25 Å². The molecule has 1 atom stereocenters. The maximum absolute atomic E-state index is 12.9. The summed E-state index contributed by atoms with van der Waals surface area (Å²) in [4.78, 5) is 23.0. The van der Waals surface area contributed by atoms with Crippen LogP contribution in [0.4, 0.5) is 14.5 Å². The molecule has 19 heavy (non-hydrogen) atoms. The molecule has 1 heterocycles. The summed E-state index contributed by atoms with van der Waals surface area (Å²) in [5, 5.41) is 4.22. The molecule has 0 aromatic heterocycles. The number of amides is 2. The van der Waals surface area contributed by atoms with Crippen LogP contribution >= 0.6 is 24.0 Å². The summed E-state index contributed by atoms with van der Waals surface area (Å²) in [6.07, 6.45) is -0.0877. The van der Waals surface area contributed by atoms with E-state index in [4.69, 9.17) is 12.2 Å². The largest absolute Gasteiger partial charge is 0.326 e. The molecule has 1 fully saturated rings. The average Bonchev–Trinajstić information content (AvgIpc) is 2.62. The zero-order valence-electron chi connectivity index (χ0n) is 9.41. The number of rotatable bonds is 3. The highest BCUT2D eigenvalue weighted by Gasteiger charge is 2.30. The zero-order chi connectivity index (χ0) is 14.0. The third-order valence-electron chi connectivity index (χ3n) is 2.34. The Morgan fingerprint density at radius 1 is 1.42 bits per heavy atom. The molecule has 2 amide bonds. The lowest BCUT2D eigenvalue weighted by molar-refractivity contribution is -0.122. The van der Waals surface area contributed by atoms with Gasteiger partial charge < -0.3 is 10.6 Å². The second kappa shape index (κ2) is 5.62. The maximum atomic E-state index is 12.9. The van der Waals surface area contributed by atoms with E-state index < -0.39 is 22.8 Å². The highest BCUT2D eigenvalue weighted by Crippen LogP contribution is 2.23. The van der Waals surface area contributed by atoms with E-state index in [1.807, 2.05) is 0 Å². The van der Waals surface area contributed by atoms with E-state index in [-0.39, 0.29) is 18.0 Å². The van der Waals surface area contributed by atoms with Crippen LogP contribution < -0.4 is 10.6 Å². The number of anilines is 1. The highest BCUT2D eigenvalue weighted by atomic mass is 32.2. The van der Waals surface area contributed by atoms with Gasteiger partial charge in [0.1, 0.15) is 4.32 Å². The molecule has 1 aliphatic heterocycles. The van der Waals surface area contributed by atoms with Crippen LogP contribution in [-0.2, 0) is 9.59 Å². The van der Waals surface area contributed by atoms with Crippen LogP contribution in [-0.4, -0.2) is 21.4 Å². The Morgan fingerprint density at radius 2 is 2.16 bits per heavy atom. The molecule has 0 spiro atoms. The molecule has 1 aromatic carbocycles. The van der Waals surface area contributed by atoms with E-state index in [1.54, 1.807) is 0 Å². The van der Waals surface area contributed by atoms with Gasteiger partial charge in [-0.1, -0.05) is 24.0 Å². The van der Waals surface area contributed by atoms with Crippen molar-refractivity contribution in [2.75, 3.05) is 5.32 Å². The van der Waals surface area contributed by atoms with Gasteiger partial charge in [-0.2, -0.15) is 0 Å². The van der Waals surface area contributed by atoms with Gasteiger partial charge in [0.25, 0.3) is 0 Å². The second-order valence-corrected chi connectivity index (χ2v) is 5.64. The lowest BCUT2D eigenvalue weighted by Gasteiger charge is -2.07. The van der Waals surface area contributed by atoms with Crippen molar-refractivity contribution in [2.45, 2.75) is 11.7 Å². The van der Waals surface area contributed by atoms with E-state index in [1.165, 1.54) is 6.07 Å². The van der Waals surface area contributed by atoms with Crippen molar-refractivity contribution in [1.82, 2.24) is 5.32 Å². The fourth-order valence-corrected chi connectivity index (χ4v) is 2.75. The lowest BCUT2D eigenvalue weighted by atomic mass is 10.2. The normalized spacial score (nSPS) is 18.3. The molecule has 1 aliphatic rings. The molecular formula is C11H8F2N2O2S2. The average molecular weight is 302 g/mol. The molecule has 8 heteroatoms. The standard InChI is InChI=1S/C11H8F2N2O2S2/c12-6-2-1-5(3-7(6)13)14-9(16)4-8-10(17)15-11(18)19-8/h1-3,8H,4H2,(H,14,16)(H,15,17,18). The van der Waals surface area contributed by atoms with E-state index in [2.05, 4.69) is 10.6 Å². The minimum absolute atomic E-state index is 0.0877. The third kappa shape index (κ3) is 3.48. The van der Waals surface area contributed by atoms with Gasteiger partial charge in [-0.25, -0.2) is 8.78 Å². The van der Waals surface area contributed by atoms with E-state index >= 15 is 0 Å². The maximum Gasteiger partial charge on any atom is 0.239 e.